The number of rotatable bonds is 5. The monoisotopic (exact) mass is 239 g/mol. The fourth-order valence-electron chi connectivity index (χ4n) is 1.38. The molecule has 0 N–H and O–H groups in total. The van der Waals surface area contributed by atoms with Gasteiger partial charge in [-0.3, -0.25) is 14.9 Å². The van der Waals surface area contributed by atoms with Crippen LogP contribution < -0.4 is 4.74 Å². The fraction of sp³-hybridized carbons (Fsp3) is 0.364. The molecule has 0 aliphatic heterocycles. The highest BCUT2D eigenvalue weighted by Crippen LogP contribution is 2.24. The Morgan fingerprint density at radius 3 is 2.71 bits per heavy atom. The molecular formula is C11H13NO5. The molecule has 1 aromatic rings. The fourth-order valence-corrected chi connectivity index (χ4v) is 1.38. The number of nitro benzene ring substituents is 1. The van der Waals surface area contributed by atoms with Gasteiger partial charge >= 0.3 is 5.97 Å². The summed E-state index contributed by atoms with van der Waals surface area (Å²) >= 11 is 0. The Kier molecular flexibility index (Phi) is 4.45. The summed E-state index contributed by atoms with van der Waals surface area (Å²) in [5.74, 6) is -0.0289. The number of hydrogen-bond acceptors (Lipinski definition) is 5. The van der Waals surface area contributed by atoms with E-state index in [4.69, 9.17) is 9.47 Å². The quantitative estimate of drug-likeness (QED) is 0.444. The summed E-state index contributed by atoms with van der Waals surface area (Å²) in [6, 6.07) is 4.26. The zero-order chi connectivity index (χ0) is 12.8. The number of ether oxygens (including phenoxy) is 2. The third-order valence-corrected chi connectivity index (χ3v) is 2.12. The first-order chi connectivity index (χ1) is 8.08. The molecule has 17 heavy (non-hydrogen) atoms. The summed E-state index contributed by atoms with van der Waals surface area (Å²) < 4.78 is 9.71. The largest absolute Gasteiger partial charge is 0.497 e. The van der Waals surface area contributed by atoms with Crippen LogP contribution in [0.3, 0.4) is 0 Å². The maximum atomic E-state index is 11.3. The lowest BCUT2D eigenvalue weighted by Gasteiger charge is -2.05. The topological polar surface area (TPSA) is 78.7 Å². The van der Waals surface area contributed by atoms with Crippen molar-refractivity contribution < 1.29 is 19.2 Å². The predicted octanol–water partition coefficient (Wildman–Crippen LogP) is 1.71. The van der Waals surface area contributed by atoms with Crippen LogP contribution in [0, 0.1) is 10.1 Å². The standard InChI is InChI=1S/C11H13NO5/c1-3-17-11(13)7-8-6-9(16-2)4-5-10(8)12(14)15/h4-6H,3,7H2,1-2H3. The summed E-state index contributed by atoms with van der Waals surface area (Å²) in [6.07, 6.45) is -0.138. The summed E-state index contributed by atoms with van der Waals surface area (Å²) in [7, 11) is 1.45. The minimum Gasteiger partial charge on any atom is -0.497 e. The van der Waals surface area contributed by atoms with E-state index >= 15 is 0 Å². The number of hydrogen-bond donors (Lipinski definition) is 0. The molecular weight excluding hydrogens is 226 g/mol. The van der Waals surface area contributed by atoms with Gasteiger partial charge in [-0.25, -0.2) is 0 Å². The average molecular weight is 239 g/mol. The predicted molar refractivity (Wildman–Crippen MR) is 60.0 cm³/mol. The Labute approximate surface area is 98.3 Å². The van der Waals surface area contributed by atoms with Gasteiger partial charge in [-0.1, -0.05) is 0 Å². The van der Waals surface area contributed by atoms with Crippen LogP contribution in [0.25, 0.3) is 0 Å². The second kappa shape index (κ2) is 5.83. The number of carbonyl (C=O) groups is 1. The highest BCUT2D eigenvalue weighted by Gasteiger charge is 2.17. The Morgan fingerprint density at radius 1 is 1.47 bits per heavy atom. The minimum atomic E-state index is -0.534. The molecule has 6 heteroatoms. The van der Waals surface area contributed by atoms with E-state index in [-0.39, 0.29) is 24.3 Å². The lowest BCUT2D eigenvalue weighted by atomic mass is 10.1. The number of nitro groups is 1. The molecule has 0 spiro atoms. The number of carbonyl (C=O) groups excluding carboxylic acids is 1. The van der Waals surface area contributed by atoms with Crippen molar-refractivity contribution >= 4 is 11.7 Å². The summed E-state index contributed by atoms with van der Waals surface area (Å²) in [5, 5.41) is 10.8. The summed E-state index contributed by atoms with van der Waals surface area (Å²) in [5.41, 5.74) is 0.173. The SMILES string of the molecule is CCOC(=O)Cc1cc(OC)ccc1[N+](=O)[O-]. The van der Waals surface area contributed by atoms with E-state index in [9.17, 15) is 14.9 Å². The van der Waals surface area contributed by atoms with E-state index in [0.717, 1.165) is 0 Å². The number of benzene rings is 1. The Balaban J connectivity index is 3.00. The third kappa shape index (κ3) is 3.44. The Hall–Kier alpha value is -2.11. The highest BCUT2D eigenvalue weighted by atomic mass is 16.6. The van der Waals surface area contributed by atoms with E-state index in [0.29, 0.717) is 5.75 Å². The average Bonchev–Trinajstić information content (AvgIpc) is 2.28. The van der Waals surface area contributed by atoms with Gasteiger partial charge in [0.25, 0.3) is 5.69 Å². The molecule has 0 saturated heterocycles. The zero-order valence-corrected chi connectivity index (χ0v) is 9.63. The lowest BCUT2D eigenvalue weighted by molar-refractivity contribution is -0.385. The van der Waals surface area contributed by atoms with Crippen LogP contribution in [0.2, 0.25) is 0 Å². The third-order valence-electron chi connectivity index (χ3n) is 2.12. The second-order valence-electron chi connectivity index (χ2n) is 3.23. The zero-order valence-electron chi connectivity index (χ0n) is 9.63. The molecule has 0 aliphatic carbocycles. The first kappa shape index (κ1) is 13.0. The molecule has 0 unspecified atom stereocenters. The van der Waals surface area contributed by atoms with Crippen LogP contribution >= 0.6 is 0 Å². The molecule has 92 valence electrons. The molecule has 0 bridgehead atoms. The van der Waals surface area contributed by atoms with Crippen molar-refractivity contribution in [3.05, 3.63) is 33.9 Å². The maximum Gasteiger partial charge on any atom is 0.310 e. The van der Waals surface area contributed by atoms with Crippen molar-refractivity contribution in [1.82, 2.24) is 0 Å². The van der Waals surface area contributed by atoms with E-state index in [1.165, 1.54) is 25.3 Å². The lowest BCUT2D eigenvalue weighted by Crippen LogP contribution is -2.09. The van der Waals surface area contributed by atoms with Crippen molar-refractivity contribution in [1.29, 1.82) is 0 Å². The number of esters is 1. The Bertz CT molecular complexity index is 430. The van der Waals surface area contributed by atoms with Crippen molar-refractivity contribution in [3.63, 3.8) is 0 Å². The molecule has 6 nitrogen and oxygen atoms in total. The summed E-state index contributed by atoms with van der Waals surface area (Å²) in [6.45, 7) is 1.93. The van der Waals surface area contributed by atoms with Crippen molar-refractivity contribution in [2.24, 2.45) is 0 Å². The van der Waals surface area contributed by atoms with Gasteiger partial charge in [0.1, 0.15) is 5.75 Å². The molecule has 0 heterocycles. The van der Waals surface area contributed by atoms with Crippen LogP contribution in [0.15, 0.2) is 18.2 Å². The first-order valence-corrected chi connectivity index (χ1v) is 5.05. The van der Waals surface area contributed by atoms with Gasteiger partial charge in [-0.15, -0.1) is 0 Å². The van der Waals surface area contributed by atoms with Crippen molar-refractivity contribution in [2.75, 3.05) is 13.7 Å². The first-order valence-electron chi connectivity index (χ1n) is 5.05. The second-order valence-corrected chi connectivity index (χ2v) is 3.23. The molecule has 0 fully saturated rings. The van der Waals surface area contributed by atoms with Gasteiger partial charge in [0, 0.05) is 11.6 Å². The summed E-state index contributed by atoms with van der Waals surface area (Å²) in [4.78, 5) is 21.5. The number of methoxy groups -OCH3 is 1. The van der Waals surface area contributed by atoms with Gasteiger partial charge in [-0.05, 0) is 19.1 Å². The molecule has 1 aromatic carbocycles. The Morgan fingerprint density at radius 2 is 2.18 bits per heavy atom. The van der Waals surface area contributed by atoms with E-state index in [2.05, 4.69) is 0 Å². The highest BCUT2D eigenvalue weighted by molar-refractivity contribution is 5.74. The molecule has 1 rings (SSSR count). The molecule has 0 aromatic heterocycles. The van der Waals surface area contributed by atoms with Crippen molar-refractivity contribution in [3.8, 4) is 5.75 Å². The van der Waals surface area contributed by atoms with Crippen LogP contribution in [-0.4, -0.2) is 24.6 Å². The van der Waals surface area contributed by atoms with E-state index < -0.39 is 10.9 Å². The van der Waals surface area contributed by atoms with Gasteiger partial charge in [0.05, 0.1) is 25.1 Å². The normalized spacial score (nSPS) is 9.76. The number of nitrogens with zero attached hydrogens (tertiary/aromatic N) is 1. The molecule has 0 aliphatic rings. The van der Waals surface area contributed by atoms with Crippen LogP contribution in [-0.2, 0) is 16.0 Å². The van der Waals surface area contributed by atoms with Gasteiger partial charge in [0.15, 0.2) is 0 Å². The van der Waals surface area contributed by atoms with Crippen LogP contribution in [0.4, 0.5) is 5.69 Å². The maximum absolute atomic E-state index is 11.3. The van der Waals surface area contributed by atoms with E-state index in [1.54, 1.807) is 6.92 Å². The van der Waals surface area contributed by atoms with E-state index in [1.807, 2.05) is 0 Å². The van der Waals surface area contributed by atoms with Gasteiger partial charge < -0.3 is 9.47 Å². The smallest absolute Gasteiger partial charge is 0.310 e. The molecule has 0 saturated carbocycles. The van der Waals surface area contributed by atoms with Crippen molar-refractivity contribution in [2.45, 2.75) is 13.3 Å². The van der Waals surface area contributed by atoms with Crippen LogP contribution in [0.1, 0.15) is 12.5 Å². The molecule has 0 atom stereocenters. The van der Waals surface area contributed by atoms with Gasteiger partial charge in [0.2, 0.25) is 0 Å². The molecule has 0 radical (unpaired) electrons. The molecule has 0 amide bonds. The minimum absolute atomic E-state index is 0.112. The van der Waals surface area contributed by atoms with Gasteiger partial charge in [-0.2, -0.15) is 0 Å². The van der Waals surface area contributed by atoms with Crippen LogP contribution in [0.5, 0.6) is 5.75 Å².